The Kier molecular flexibility index (Phi) is 2.93. The Balaban J connectivity index is 2.42. The van der Waals surface area contributed by atoms with Crippen LogP contribution in [0.2, 0.25) is 0 Å². The van der Waals surface area contributed by atoms with Gasteiger partial charge in [0.1, 0.15) is 0 Å². The highest BCUT2D eigenvalue weighted by molar-refractivity contribution is 9.09. The summed E-state index contributed by atoms with van der Waals surface area (Å²) in [5.41, 5.74) is 0. The summed E-state index contributed by atoms with van der Waals surface area (Å²) < 4.78 is 5.56. The van der Waals surface area contributed by atoms with Crippen molar-refractivity contribution < 1.29 is 4.74 Å². The fourth-order valence-electron chi connectivity index (χ4n) is 1.27. The zero-order valence-electron chi connectivity index (χ0n) is 6.22. The Morgan fingerprint density at radius 3 is 2.80 bits per heavy atom. The lowest BCUT2D eigenvalue weighted by Crippen LogP contribution is -2.29. The monoisotopic (exact) mass is 204 g/mol. The van der Waals surface area contributed by atoms with Crippen molar-refractivity contribution >= 4 is 15.9 Å². The summed E-state index contributed by atoms with van der Waals surface area (Å²) in [7, 11) is 0. The first-order valence-electron chi connectivity index (χ1n) is 3.64. The normalized spacial score (nSPS) is 41.2. The van der Waals surface area contributed by atoms with E-state index in [-0.39, 0.29) is 6.10 Å². The molecule has 0 unspecified atom stereocenters. The second-order valence-electron chi connectivity index (χ2n) is 2.79. The van der Waals surface area contributed by atoms with Gasteiger partial charge < -0.3 is 4.74 Å². The van der Waals surface area contributed by atoms with Gasteiger partial charge in [0, 0.05) is 4.83 Å². The van der Waals surface area contributed by atoms with Crippen LogP contribution in [0, 0.1) is 0 Å². The molecule has 0 aliphatic carbocycles. The smallest absolute Gasteiger partial charge is 0.0767 e. The maximum atomic E-state index is 5.56. The zero-order chi connectivity index (χ0) is 7.56. The van der Waals surface area contributed by atoms with Crippen molar-refractivity contribution in [1.29, 1.82) is 0 Å². The van der Waals surface area contributed by atoms with E-state index in [1.165, 1.54) is 0 Å². The lowest BCUT2D eigenvalue weighted by atomic mass is 10.1. The van der Waals surface area contributed by atoms with Gasteiger partial charge in [-0.25, -0.2) is 0 Å². The minimum Gasteiger partial charge on any atom is -0.371 e. The topological polar surface area (TPSA) is 9.23 Å². The third-order valence-electron chi connectivity index (χ3n) is 1.75. The van der Waals surface area contributed by atoms with E-state index >= 15 is 0 Å². The zero-order valence-corrected chi connectivity index (χ0v) is 7.80. The summed E-state index contributed by atoms with van der Waals surface area (Å²) in [5, 5.41) is 0. The predicted octanol–water partition coefficient (Wildman–Crippen LogP) is 2.50. The standard InChI is InChI=1S/C8H13BrO/c1-3-8-5-7(9)4-6(2)10-8/h3,6-8H,1,4-5H2,2H3/t6-,7+,8+/m0/s1. The van der Waals surface area contributed by atoms with Crippen LogP contribution in [-0.4, -0.2) is 17.0 Å². The van der Waals surface area contributed by atoms with Crippen LogP contribution >= 0.6 is 15.9 Å². The number of ether oxygens (including phenoxy) is 1. The highest BCUT2D eigenvalue weighted by Crippen LogP contribution is 2.24. The lowest BCUT2D eigenvalue weighted by molar-refractivity contribution is -0.0102. The van der Waals surface area contributed by atoms with Crippen LogP contribution < -0.4 is 0 Å². The molecule has 1 aliphatic rings. The van der Waals surface area contributed by atoms with E-state index in [4.69, 9.17) is 4.74 Å². The van der Waals surface area contributed by atoms with Crippen molar-refractivity contribution in [2.75, 3.05) is 0 Å². The van der Waals surface area contributed by atoms with Crippen LogP contribution in [0.15, 0.2) is 12.7 Å². The molecular weight excluding hydrogens is 192 g/mol. The summed E-state index contributed by atoms with van der Waals surface area (Å²) in [6.45, 7) is 5.81. The average molecular weight is 205 g/mol. The van der Waals surface area contributed by atoms with Gasteiger partial charge in [-0.05, 0) is 19.8 Å². The first-order chi connectivity index (χ1) is 4.72. The molecule has 0 saturated carbocycles. The number of alkyl halides is 1. The van der Waals surface area contributed by atoms with E-state index < -0.39 is 0 Å². The molecule has 0 bridgehead atoms. The fourth-order valence-corrected chi connectivity index (χ4v) is 2.16. The second-order valence-corrected chi connectivity index (χ2v) is 4.08. The van der Waals surface area contributed by atoms with E-state index in [2.05, 4.69) is 29.4 Å². The van der Waals surface area contributed by atoms with Crippen LogP contribution in [0.3, 0.4) is 0 Å². The maximum Gasteiger partial charge on any atom is 0.0767 e. The van der Waals surface area contributed by atoms with Crippen LogP contribution in [0.1, 0.15) is 19.8 Å². The molecule has 3 atom stereocenters. The van der Waals surface area contributed by atoms with Gasteiger partial charge in [0.05, 0.1) is 12.2 Å². The van der Waals surface area contributed by atoms with Crippen molar-refractivity contribution in [3.63, 3.8) is 0 Å². The molecular formula is C8H13BrO. The van der Waals surface area contributed by atoms with Crippen molar-refractivity contribution in [2.24, 2.45) is 0 Å². The van der Waals surface area contributed by atoms with Crippen molar-refractivity contribution in [3.05, 3.63) is 12.7 Å². The molecule has 1 heterocycles. The van der Waals surface area contributed by atoms with Crippen LogP contribution in [-0.2, 0) is 4.74 Å². The molecule has 1 fully saturated rings. The minimum absolute atomic E-state index is 0.258. The molecule has 1 saturated heterocycles. The number of halogens is 1. The Labute approximate surface area is 70.6 Å². The molecule has 0 aromatic rings. The van der Waals surface area contributed by atoms with Crippen molar-refractivity contribution in [3.8, 4) is 0 Å². The van der Waals surface area contributed by atoms with E-state index in [9.17, 15) is 0 Å². The van der Waals surface area contributed by atoms with Gasteiger partial charge in [-0.3, -0.25) is 0 Å². The fraction of sp³-hybridized carbons (Fsp3) is 0.750. The van der Waals surface area contributed by atoms with E-state index in [0.717, 1.165) is 12.8 Å². The number of hydrogen-bond donors (Lipinski definition) is 0. The first-order valence-corrected chi connectivity index (χ1v) is 4.56. The van der Waals surface area contributed by atoms with Crippen LogP contribution in [0.25, 0.3) is 0 Å². The molecule has 0 amide bonds. The van der Waals surface area contributed by atoms with E-state index in [1.54, 1.807) is 0 Å². The van der Waals surface area contributed by atoms with Crippen LogP contribution in [0.4, 0.5) is 0 Å². The molecule has 58 valence electrons. The lowest BCUT2D eigenvalue weighted by Gasteiger charge is -2.29. The quantitative estimate of drug-likeness (QED) is 0.472. The van der Waals surface area contributed by atoms with Crippen LogP contribution in [0.5, 0.6) is 0 Å². The predicted molar refractivity (Wildman–Crippen MR) is 46.5 cm³/mol. The highest BCUT2D eigenvalue weighted by atomic mass is 79.9. The van der Waals surface area contributed by atoms with Gasteiger partial charge in [-0.1, -0.05) is 22.0 Å². The number of hydrogen-bond acceptors (Lipinski definition) is 1. The SMILES string of the molecule is C=C[C@@H]1C[C@H](Br)C[C@H](C)O1. The van der Waals surface area contributed by atoms with Gasteiger partial charge in [-0.2, -0.15) is 0 Å². The number of rotatable bonds is 1. The largest absolute Gasteiger partial charge is 0.371 e. The molecule has 0 N–H and O–H groups in total. The molecule has 0 spiro atoms. The van der Waals surface area contributed by atoms with Crippen molar-refractivity contribution in [1.82, 2.24) is 0 Å². The van der Waals surface area contributed by atoms with E-state index in [0.29, 0.717) is 10.9 Å². The van der Waals surface area contributed by atoms with Gasteiger partial charge in [-0.15, -0.1) is 6.58 Å². The first kappa shape index (κ1) is 8.28. The molecule has 1 nitrogen and oxygen atoms in total. The molecule has 1 rings (SSSR count). The summed E-state index contributed by atoms with van der Waals surface area (Å²) >= 11 is 3.58. The summed E-state index contributed by atoms with van der Waals surface area (Å²) in [6.07, 6.45) is 4.69. The summed E-state index contributed by atoms with van der Waals surface area (Å²) in [6, 6.07) is 0. The Hall–Kier alpha value is 0.180. The summed E-state index contributed by atoms with van der Waals surface area (Å²) in [4.78, 5) is 0.610. The molecule has 1 aliphatic heterocycles. The maximum absolute atomic E-state index is 5.56. The van der Waals surface area contributed by atoms with Gasteiger partial charge in [0.25, 0.3) is 0 Å². The summed E-state index contributed by atoms with van der Waals surface area (Å²) in [5.74, 6) is 0. The minimum atomic E-state index is 0.258. The second kappa shape index (κ2) is 3.54. The third-order valence-corrected chi connectivity index (χ3v) is 2.49. The molecule has 0 aromatic carbocycles. The highest BCUT2D eigenvalue weighted by Gasteiger charge is 2.22. The van der Waals surface area contributed by atoms with Crippen molar-refractivity contribution in [2.45, 2.75) is 36.8 Å². The Bertz CT molecular complexity index is 114. The molecule has 0 radical (unpaired) electrons. The molecule has 10 heavy (non-hydrogen) atoms. The molecule has 2 heteroatoms. The van der Waals surface area contributed by atoms with Gasteiger partial charge >= 0.3 is 0 Å². The van der Waals surface area contributed by atoms with Gasteiger partial charge in [0.2, 0.25) is 0 Å². The Morgan fingerprint density at radius 2 is 2.30 bits per heavy atom. The van der Waals surface area contributed by atoms with Gasteiger partial charge in [0.15, 0.2) is 0 Å². The molecule has 0 aromatic heterocycles. The third kappa shape index (κ3) is 2.10. The Morgan fingerprint density at radius 1 is 1.60 bits per heavy atom. The van der Waals surface area contributed by atoms with E-state index in [1.807, 2.05) is 6.08 Å². The average Bonchev–Trinajstić information content (AvgIpc) is 1.85.